The maximum Gasteiger partial charge on any atom is 0.329 e. The summed E-state index contributed by atoms with van der Waals surface area (Å²) in [5, 5.41) is 3.34. The van der Waals surface area contributed by atoms with E-state index in [1.165, 1.54) is 0 Å². The Morgan fingerprint density at radius 2 is 2.12 bits per heavy atom. The first-order valence-electron chi connectivity index (χ1n) is 6.00. The molecule has 0 heterocycles. The number of hydrogen-bond acceptors (Lipinski definition) is 4. The molecule has 1 rings (SSSR count). The van der Waals surface area contributed by atoms with E-state index in [0.29, 0.717) is 19.1 Å². The molecule has 1 saturated carbocycles. The van der Waals surface area contributed by atoms with Crippen molar-refractivity contribution in [3.63, 3.8) is 0 Å². The third-order valence-corrected chi connectivity index (χ3v) is 2.83. The highest BCUT2D eigenvalue weighted by atomic mass is 16.5. The Morgan fingerprint density at radius 3 is 2.50 bits per heavy atom. The number of esters is 1. The molecule has 16 heavy (non-hydrogen) atoms. The fourth-order valence-electron chi connectivity index (χ4n) is 2.14. The molecule has 1 atom stereocenters. The normalized spacial score (nSPS) is 19.6. The molecule has 1 N–H and O–H groups in total. The number of rotatable bonds is 7. The zero-order valence-electron chi connectivity index (χ0n) is 10.7. The van der Waals surface area contributed by atoms with Crippen molar-refractivity contribution in [3.8, 4) is 0 Å². The number of hydrogen-bond donors (Lipinski definition) is 1. The summed E-state index contributed by atoms with van der Waals surface area (Å²) in [7, 11) is 1.62. The molecule has 4 nitrogen and oxygen atoms in total. The first-order valence-corrected chi connectivity index (χ1v) is 6.00. The van der Waals surface area contributed by atoms with Gasteiger partial charge in [0.05, 0.1) is 13.2 Å². The van der Waals surface area contributed by atoms with Crippen LogP contribution in [0.15, 0.2) is 0 Å². The summed E-state index contributed by atoms with van der Waals surface area (Å²) in [5.41, 5.74) is -0.640. The Kier molecular flexibility index (Phi) is 4.74. The van der Waals surface area contributed by atoms with Gasteiger partial charge >= 0.3 is 5.97 Å². The topological polar surface area (TPSA) is 47.6 Å². The monoisotopic (exact) mass is 229 g/mol. The molecule has 0 aromatic heterocycles. The van der Waals surface area contributed by atoms with Crippen molar-refractivity contribution < 1.29 is 14.3 Å². The van der Waals surface area contributed by atoms with Crippen molar-refractivity contribution in [3.05, 3.63) is 0 Å². The van der Waals surface area contributed by atoms with Crippen LogP contribution in [-0.4, -0.2) is 37.9 Å². The van der Waals surface area contributed by atoms with E-state index in [9.17, 15) is 4.79 Å². The van der Waals surface area contributed by atoms with Gasteiger partial charge in [-0.2, -0.15) is 0 Å². The lowest BCUT2D eigenvalue weighted by molar-refractivity contribution is -0.155. The first kappa shape index (κ1) is 13.5. The van der Waals surface area contributed by atoms with Gasteiger partial charge in [-0.15, -0.1) is 0 Å². The van der Waals surface area contributed by atoms with Crippen LogP contribution < -0.4 is 5.32 Å². The summed E-state index contributed by atoms with van der Waals surface area (Å²) < 4.78 is 10.4. The Bertz CT molecular complexity index is 238. The van der Waals surface area contributed by atoms with Crippen molar-refractivity contribution in [1.82, 2.24) is 5.32 Å². The molecular weight excluding hydrogens is 206 g/mol. The molecule has 0 aliphatic heterocycles. The second-order valence-electron chi connectivity index (χ2n) is 4.70. The summed E-state index contributed by atoms with van der Waals surface area (Å²) in [6.07, 6.45) is 2.14. The third-order valence-electron chi connectivity index (χ3n) is 2.83. The predicted octanol–water partition coefficient (Wildman–Crippen LogP) is 1.34. The van der Waals surface area contributed by atoms with Crippen LogP contribution in [0, 0.1) is 5.92 Å². The maximum atomic E-state index is 12.1. The molecule has 0 aromatic carbocycles. The largest absolute Gasteiger partial charge is 0.465 e. The highest BCUT2D eigenvalue weighted by Crippen LogP contribution is 2.41. The molecule has 1 unspecified atom stereocenters. The fraction of sp³-hybridized carbons (Fsp3) is 0.917. The van der Waals surface area contributed by atoms with Gasteiger partial charge in [-0.3, -0.25) is 5.32 Å². The van der Waals surface area contributed by atoms with E-state index in [1.807, 2.05) is 20.8 Å². The molecule has 4 heteroatoms. The first-order chi connectivity index (χ1) is 7.56. The molecule has 94 valence electrons. The van der Waals surface area contributed by atoms with Crippen molar-refractivity contribution in [2.75, 3.05) is 20.3 Å². The Balaban J connectivity index is 2.81. The second-order valence-corrected chi connectivity index (χ2v) is 4.70. The minimum absolute atomic E-state index is 0.173. The highest BCUT2D eigenvalue weighted by Gasteiger charge is 2.52. The Labute approximate surface area is 97.7 Å². The number of carbonyl (C=O) groups is 1. The van der Waals surface area contributed by atoms with Gasteiger partial charge in [-0.25, -0.2) is 4.79 Å². The average molecular weight is 229 g/mol. The van der Waals surface area contributed by atoms with E-state index in [1.54, 1.807) is 7.11 Å². The number of methoxy groups -OCH3 is 1. The van der Waals surface area contributed by atoms with Crippen LogP contribution in [0.3, 0.4) is 0 Å². The smallest absolute Gasteiger partial charge is 0.329 e. The van der Waals surface area contributed by atoms with Gasteiger partial charge in [0.15, 0.2) is 0 Å². The summed E-state index contributed by atoms with van der Waals surface area (Å²) in [6.45, 7) is 6.70. The summed E-state index contributed by atoms with van der Waals surface area (Å²) in [5.74, 6) is 0.182. The lowest BCUT2D eigenvalue weighted by Gasteiger charge is -2.33. The van der Waals surface area contributed by atoms with Crippen LogP contribution in [0.4, 0.5) is 0 Å². The van der Waals surface area contributed by atoms with E-state index in [4.69, 9.17) is 9.47 Å². The minimum atomic E-state index is -0.640. The Hall–Kier alpha value is -0.610. The van der Waals surface area contributed by atoms with Crippen LogP contribution in [0.25, 0.3) is 0 Å². The average Bonchev–Trinajstić information content (AvgIpc) is 2.99. The van der Waals surface area contributed by atoms with Crippen LogP contribution >= 0.6 is 0 Å². The van der Waals surface area contributed by atoms with E-state index < -0.39 is 5.54 Å². The minimum Gasteiger partial charge on any atom is -0.465 e. The number of carbonyl (C=O) groups excluding carboxylic acids is 1. The van der Waals surface area contributed by atoms with Crippen LogP contribution in [0.5, 0.6) is 0 Å². The lowest BCUT2D eigenvalue weighted by atomic mass is 9.93. The van der Waals surface area contributed by atoms with Gasteiger partial charge in [-0.05, 0) is 39.5 Å². The number of nitrogens with one attached hydrogen (secondary N) is 1. The summed E-state index contributed by atoms with van der Waals surface area (Å²) >= 11 is 0. The second kappa shape index (κ2) is 5.64. The van der Waals surface area contributed by atoms with Crippen molar-refractivity contribution in [2.24, 2.45) is 5.92 Å². The number of ether oxygens (including phenoxy) is 2. The summed E-state index contributed by atoms with van der Waals surface area (Å²) in [6, 6.07) is 0.236. The van der Waals surface area contributed by atoms with E-state index in [2.05, 4.69) is 5.32 Å². The van der Waals surface area contributed by atoms with E-state index in [0.717, 1.165) is 12.8 Å². The molecular formula is C12H23NO3. The van der Waals surface area contributed by atoms with Crippen molar-refractivity contribution in [2.45, 2.75) is 45.2 Å². The zero-order chi connectivity index (χ0) is 12.2. The van der Waals surface area contributed by atoms with Crippen LogP contribution in [0.2, 0.25) is 0 Å². The molecule has 1 aliphatic rings. The summed E-state index contributed by atoms with van der Waals surface area (Å²) in [4.78, 5) is 12.1. The van der Waals surface area contributed by atoms with E-state index >= 15 is 0 Å². The molecule has 1 aliphatic carbocycles. The highest BCUT2D eigenvalue weighted by molar-refractivity contribution is 5.82. The third kappa shape index (κ3) is 2.95. The quantitative estimate of drug-likeness (QED) is 0.669. The van der Waals surface area contributed by atoms with Crippen LogP contribution in [-0.2, 0) is 14.3 Å². The van der Waals surface area contributed by atoms with Crippen LogP contribution in [0.1, 0.15) is 33.6 Å². The molecule has 0 saturated heterocycles. The molecule has 0 amide bonds. The predicted molar refractivity (Wildman–Crippen MR) is 62.2 cm³/mol. The standard InChI is InChI=1S/C12H23NO3/c1-5-16-11(14)12(8-15-4,10-6-7-10)13-9(2)3/h9-10,13H,5-8H2,1-4H3. The van der Waals surface area contributed by atoms with Gasteiger partial charge < -0.3 is 9.47 Å². The molecule has 0 spiro atoms. The Morgan fingerprint density at radius 1 is 1.50 bits per heavy atom. The molecule has 0 aromatic rings. The maximum absolute atomic E-state index is 12.1. The van der Waals surface area contributed by atoms with Crippen molar-refractivity contribution in [1.29, 1.82) is 0 Å². The van der Waals surface area contributed by atoms with Gasteiger partial charge in [0, 0.05) is 13.2 Å². The zero-order valence-corrected chi connectivity index (χ0v) is 10.7. The van der Waals surface area contributed by atoms with Gasteiger partial charge in [0.2, 0.25) is 0 Å². The van der Waals surface area contributed by atoms with Gasteiger partial charge in [-0.1, -0.05) is 0 Å². The molecule has 1 fully saturated rings. The molecule has 0 radical (unpaired) electrons. The fourth-order valence-corrected chi connectivity index (χ4v) is 2.14. The molecule has 0 bridgehead atoms. The van der Waals surface area contributed by atoms with Gasteiger partial charge in [0.1, 0.15) is 5.54 Å². The van der Waals surface area contributed by atoms with Crippen molar-refractivity contribution >= 4 is 5.97 Å². The lowest BCUT2D eigenvalue weighted by Crippen LogP contribution is -2.60. The SMILES string of the molecule is CCOC(=O)C(COC)(NC(C)C)C1CC1. The van der Waals surface area contributed by atoms with E-state index in [-0.39, 0.29) is 12.0 Å². The van der Waals surface area contributed by atoms with Gasteiger partial charge in [0.25, 0.3) is 0 Å².